The minimum atomic E-state index is -2.13. The van der Waals surface area contributed by atoms with Crippen LogP contribution < -0.4 is 0 Å². The van der Waals surface area contributed by atoms with E-state index in [0.717, 1.165) is 0 Å². The van der Waals surface area contributed by atoms with Crippen LogP contribution in [0.3, 0.4) is 0 Å². The highest BCUT2D eigenvalue weighted by molar-refractivity contribution is 5.96. The normalized spacial score (nSPS) is 32.5. The minimum absolute atomic E-state index is 1.86. The molecule has 0 aromatic rings. The summed E-state index contributed by atoms with van der Waals surface area (Å²) >= 11 is 0. The monoisotopic (exact) mass is 290 g/mol. The van der Waals surface area contributed by atoms with Crippen LogP contribution in [0.15, 0.2) is 0 Å². The molecule has 1 fully saturated rings. The van der Waals surface area contributed by atoms with Gasteiger partial charge in [0.15, 0.2) is 0 Å². The first kappa shape index (κ1) is 15.4. The summed E-state index contributed by atoms with van der Waals surface area (Å²) in [6, 6.07) is 0. The van der Waals surface area contributed by atoms with Crippen molar-refractivity contribution in [3.63, 3.8) is 0 Å². The predicted octanol–water partition coefficient (Wildman–Crippen LogP) is -1.50. The largest absolute Gasteiger partial charge is 0.481 e. The second-order valence-corrected chi connectivity index (χ2v) is 4.32. The van der Waals surface area contributed by atoms with E-state index in [2.05, 4.69) is 0 Å². The lowest BCUT2D eigenvalue weighted by atomic mass is 9.87. The number of carbonyl (C=O) groups is 5. The van der Waals surface area contributed by atoms with E-state index in [4.69, 9.17) is 25.5 Å². The van der Waals surface area contributed by atoms with Gasteiger partial charge in [0.2, 0.25) is 0 Å². The second-order valence-electron chi connectivity index (χ2n) is 4.32. The lowest BCUT2D eigenvalue weighted by Gasteiger charge is -2.15. The van der Waals surface area contributed by atoms with E-state index in [1.165, 1.54) is 0 Å². The molecule has 0 bridgehead atoms. The maximum atomic E-state index is 11.1. The maximum absolute atomic E-state index is 11.1. The lowest BCUT2D eigenvalue weighted by molar-refractivity contribution is -0.160. The molecule has 1 rings (SSSR count). The Balaban J connectivity index is 3.51. The Bertz CT molecular complexity index is 380. The zero-order chi connectivity index (χ0) is 15.8. The standard InChI is InChI=1S/C10H10O10/c11-6(12)1-2(7(13)14)4(9(17)18)5(10(19)20)3(1)8(15)16/h1-5H,(H,11,12)(H,13,14)(H,15,16)(H,17,18)(H,19,20). The van der Waals surface area contributed by atoms with Gasteiger partial charge in [-0.05, 0) is 0 Å². The van der Waals surface area contributed by atoms with Gasteiger partial charge >= 0.3 is 29.8 Å². The molecular formula is C10H10O10. The molecule has 0 unspecified atom stereocenters. The van der Waals surface area contributed by atoms with Crippen LogP contribution in [0.5, 0.6) is 0 Å². The topological polar surface area (TPSA) is 186 Å². The molecule has 0 atom stereocenters. The highest BCUT2D eigenvalue weighted by Gasteiger charge is 2.64. The third-order valence-corrected chi connectivity index (χ3v) is 3.36. The second kappa shape index (κ2) is 5.15. The van der Waals surface area contributed by atoms with Crippen LogP contribution >= 0.6 is 0 Å². The summed E-state index contributed by atoms with van der Waals surface area (Å²) in [6.45, 7) is 0. The summed E-state index contributed by atoms with van der Waals surface area (Å²) in [5, 5.41) is 44.7. The molecule has 0 amide bonds. The van der Waals surface area contributed by atoms with Crippen molar-refractivity contribution in [2.75, 3.05) is 0 Å². The SMILES string of the molecule is O=C(O)C1C(C(=O)O)C(C(=O)O)C(C(=O)O)C1C(=O)O. The van der Waals surface area contributed by atoms with Crippen molar-refractivity contribution in [2.45, 2.75) is 0 Å². The van der Waals surface area contributed by atoms with Gasteiger partial charge < -0.3 is 25.5 Å². The number of carboxylic acid groups (broad SMARTS) is 5. The van der Waals surface area contributed by atoms with Crippen LogP contribution in [0.4, 0.5) is 0 Å². The molecule has 1 saturated carbocycles. The smallest absolute Gasteiger partial charge is 0.308 e. The molecular weight excluding hydrogens is 280 g/mol. The van der Waals surface area contributed by atoms with Crippen molar-refractivity contribution >= 4 is 29.8 Å². The van der Waals surface area contributed by atoms with Gasteiger partial charge in [0.05, 0.1) is 29.6 Å². The molecule has 20 heavy (non-hydrogen) atoms. The van der Waals surface area contributed by atoms with E-state index >= 15 is 0 Å². The van der Waals surface area contributed by atoms with Gasteiger partial charge in [-0.25, -0.2) is 0 Å². The fourth-order valence-corrected chi connectivity index (χ4v) is 2.65. The minimum Gasteiger partial charge on any atom is -0.481 e. The van der Waals surface area contributed by atoms with E-state index < -0.39 is 59.4 Å². The molecule has 1 aliphatic carbocycles. The molecule has 10 heteroatoms. The van der Waals surface area contributed by atoms with Crippen molar-refractivity contribution in [3.05, 3.63) is 0 Å². The summed E-state index contributed by atoms with van der Waals surface area (Å²) in [5.41, 5.74) is 0. The Kier molecular flexibility index (Phi) is 3.97. The Morgan fingerprint density at radius 1 is 0.400 bits per heavy atom. The predicted molar refractivity (Wildman–Crippen MR) is 55.6 cm³/mol. The van der Waals surface area contributed by atoms with Crippen molar-refractivity contribution in [1.29, 1.82) is 0 Å². The fourth-order valence-electron chi connectivity index (χ4n) is 2.65. The molecule has 0 aromatic carbocycles. The van der Waals surface area contributed by atoms with E-state index in [9.17, 15) is 24.0 Å². The Morgan fingerprint density at radius 2 is 0.500 bits per heavy atom. The maximum Gasteiger partial charge on any atom is 0.308 e. The van der Waals surface area contributed by atoms with Gasteiger partial charge in [-0.2, -0.15) is 0 Å². The van der Waals surface area contributed by atoms with E-state index in [1.807, 2.05) is 0 Å². The van der Waals surface area contributed by atoms with Crippen LogP contribution in [0.2, 0.25) is 0 Å². The summed E-state index contributed by atoms with van der Waals surface area (Å²) < 4.78 is 0. The average Bonchev–Trinajstić information content (AvgIpc) is 2.64. The van der Waals surface area contributed by atoms with Crippen LogP contribution in [-0.2, 0) is 24.0 Å². The zero-order valence-electron chi connectivity index (χ0n) is 9.66. The van der Waals surface area contributed by atoms with Gasteiger partial charge in [0.1, 0.15) is 0 Å². The number of rotatable bonds is 5. The third kappa shape index (κ3) is 2.27. The Labute approximate surface area is 110 Å². The molecule has 1 aliphatic rings. The molecule has 0 radical (unpaired) electrons. The van der Waals surface area contributed by atoms with Gasteiger partial charge in [0, 0.05) is 0 Å². The summed E-state index contributed by atoms with van der Waals surface area (Å²) in [5.74, 6) is -20.0. The van der Waals surface area contributed by atoms with Crippen LogP contribution in [-0.4, -0.2) is 55.4 Å². The van der Waals surface area contributed by atoms with Crippen molar-refractivity contribution < 1.29 is 49.5 Å². The van der Waals surface area contributed by atoms with Crippen molar-refractivity contribution in [3.8, 4) is 0 Å². The highest BCUT2D eigenvalue weighted by Crippen LogP contribution is 2.47. The van der Waals surface area contributed by atoms with E-state index in [-0.39, 0.29) is 0 Å². The molecule has 0 spiro atoms. The molecule has 0 saturated heterocycles. The molecule has 0 heterocycles. The van der Waals surface area contributed by atoms with Crippen molar-refractivity contribution in [1.82, 2.24) is 0 Å². The van der Waals surface area contributed by atoms with E-state index in [0.29, 0.717) is 0 Å². The Hall–Kier alpha value is -2.65. The number of aliphatic carboxylic acids is 5. The van der Waals surface area contributed by atoms with Crippen LogP contribution in [0.1, 0.15) is 0 Å². The van der Waals surface area contributed by atoms with Gasteiger partial charge in [-0.1, -0.05) is 0 Å². The lowest BCUT2D eigenvalue weighted by Crippen LogP contribution is -2.35. The molecule has 110 valence electrons. The zero-order valence-corrected chi connectivity index (χ0v) is 9.66. The molecule has 0 aliphatic heterocycles. The first-order chi connectivity index (χ1) is 9.11. The van der Waals surface area contributed by atoms with Gasteiger partial charge in [-0.3, -0.25) is 24.0 Å². The van der Waals surface area contributed by atoms with Gasteiger partial charge in [0.25, 0.3) is 0 Å². The fraction of sp³-hybridized carbons (Fsp3) is 0.500. The average molecular weight is 290 g/mol. The number of hydrogen-bond acceptors (Lipinski definition) is 5. The third-order valence-electron chi connectivity index (χ3n) is 3.36. The van der Waals surface area contributed by atoms with Gasteiger partial charge in [-0.15, -0.1) is 0 Å². The first-order valence-electron chi connectivity index (χ1n) is 5.25. The van der Waals surface area contributed by atoms with Crippen molar-refractivity contribution in [2.24, 2.45) is 29.6 Å². The quantitative estimate of drug-likeness (QED) is 0.398. The number of hydrogen-bond donors (Lipinski definition) is 5. The first-order valence-corrected chi connectivity index (χ1v) is 5.25. The number of carboxylic acids is 5. The van der Waals surface area contributed by atoms with E-state index in [1.54, 1.807) is 0 Å². The molecule has 0 aromatic heterocycles. The summed E-state index contributed by atoms with van der Waals surface area (Å²) in [4.78, 5) is 55.3. The Morgan fingerprint density at radius 3 is 0.550 bits per heavy atom. The summed E-state index contributed by atoms with van der Waals surface area (Å²) in [6.07, 6.45) is 0. The highest BCUT2D eigenvalue weighted by atomic mass is 16.4. The van der Waals surface area contributed by atoms with Crippen LogP contribution in [0.25, 0.3) is 0 Å². The summed E-state index contributed by atoms with van der Waals surface area (Å²) in [7, 11) is 0. The molecule has 10 nitrogen and oxygen atoms in total. The van der Waals surface area contributed by atoms with Crippen LogP contribution in [0, 0.1) is 29.6 Å². The molecule has 5 N–H and O–H groups in total.